The van der Waals surface area contributed by atoms with Gasteiger partial charge in [0.05, 0.1) is 21.5 Å². The Morgan fingerprint density at radius 1 is 0.800 bits per heavy atom. The first-order valence-corrected chi connectivity index (χ1v) is 13.5. The zero-order chi connectivity index (χ0) is 27.6. The molecule has 0 spiro atoms. The standard InChI is InChI=1S/C33H23FN2O3S/c34-27-13-12-24-14-21(8-11-25(24)16-27)15-29-31-28(32(37)35-19-20-6-9-23(10-7-20)33(38)39)17-26(18-30(31)40-36-29)22-4-2-1-3-5-22/h1-14,16-18H,15,19H2,(H,35,37)(H,38,39). The Morgan fingerprint density at radius 3 is 2.30 bits per heavy atom. The molecule has 6 rings (SSSR count). The van der Waals surface area contributed by atoms with Crippen LogP contribution >= 0.6 is 11.5 Å². The number of rotatable bonds is 7. The Labute approximate surface area is 233 Å². The molecule has 6 aromatic rings. The lowest BCUT2D eigenvalue weighted by molar-refractivity contribution is 0.0696. The van der Waals surface area contributed by atoms with E-state index in [1.807, 2.05) is 54.6 Å². The third kappa shape index (κ3) is 5.19. The lowest BCUT2D eigenvalue weighted by atomic mass is 9.96. The van der Waals surface area contributed by atoms with E-state index in [0.717, 1.165) is 48.8 Å². The van der Waals surface area contributed by atoms with Crippen molar-refractivity contribution in [3.63, 3.8) is 0 Å². The van der Waals surface area contributed by atoms with Crippen molar-refractivity contribution in [2.45, 2.75) is 13.0 Å². The van der Waals surface area contributed by atoms with Crippen LogP contribution in [0.3, 0.4) is 0 Å². The molecule has 0 aliphatic carbocycles. The van der Waals surface area contributed by atoms with Gasteiger partial charge >= 0.3 is 5.97 Å². The van der Waals surface area contributed by atoms with Crippen molar-refractivity contribution in [2.75, 3.05) is 0 Å². The molecule has 5 nitrogen and oxygen atoms in total. The van der Waals surface area contributed by atoms with E-state index in [1.165, 1.54) is 35.8 Å². The minimum Gasteiger partial charge on any atom is -0.478 e. The van der Waals surface area contributed by atoms with E-state index in [9.17, 15) is 14.0 Å². The van der Waals surface area contributed by atoms with Gasteiger partial charge in [-0.25, -0.2) is 9.18 Å². The zero-order valence-corrected chi connectivity index (χ0v) is 22.0. The van der Waals surface area contributed by atoms with Crippen LogP contribution in [0.1, 0.15) is 37.5 Å². The molecule has 0 unspecified atom stereocenters. The Bertz CT molecular complexity index is 1880. The normalized spacial score (nSPS) is 11.1. The van der Waals surface area contributed by atoms with Crippen molar-refractivity contribution in [3.8, 4) is 11.1 Å². The summed E-state index contributed by atoms with van der Waals surface area (Å²) in [6, 6.07) is 30.9. The summed E-state index contributed by atoms with van der Waals surface area (Å²) in [5.41, 5.74) is 5.27. The van der Waals surface area contributed by atoms with E-state index >= 15 is 0 Å². The van der Waals surface area contributed by atoms with Gasteiger partial charge in [-0.15, -0.1) is 0 Å². The van der Waals surface area contributed by atoms with Gasteiger partial charge in [0.2, 0.25) is 0 Å². The van der Waals surface area contributed by atoms with Gasteiger partial charge in [0.25, 0.3) is 5.91 Å². The number of carboxylic acid groups (broad SMARTS) is 1. The molecule has 0 saturated heterocycles. The van der Waals surface area contributed by atoms with Gasteiger partial charge < -0.3 is 10.4 Å². The minimum absolute atomic E-state index is 0.195. The first kappa shape index (κ1) is 25.4. The summed E-state index contributed by atoms with van der Waals surface area (Å²) in [6.45, 7) is 0.254. The van der Waals surface area contributed by atoms with E-state index in [2.05, 4.69) is 11.4 Å². The van der Waals surface area contributed by atoms with Crippen molar-refractivity contribution >= 4 is 44.3 Å². The predicted molar refractivity (Wildman–Crippen MR) is 156 cm³/mol. The summed E-state index contributed by atoms with van der Waals surface area (Å²) >= 11 is 1.36. The highest BCUT2D eigenvalue weighted by Crippen LogP contribution is 2.34. The molecular formula is C33H23FN2O3S. The van der Waals surface area contributed by atoms with Crippen molar-refractivity contribution < 1.29 is 19.1 Å². The van der Waals surface area contributed by atoms with E-state index in [1.54, 1.807) is 18.2 Å². The van der Waals surface area contributed by atoms with Crippen LogP contribution in [0.2, 0.25) is 0 Å². The van der Waals surface area contributed by atoms with E-state index in [-0.39, 0.29) is 23.8 Å². The van der Waals surface area contributed by atoms with Crippen LogP contribution in [0.15, 0.2) is 103 Å². The van der Waals surface area contributed by atoms with Crippen LogP contribution in [0, 0.1) is 5.82 Å². The fraction of sp³-hybridized carbons (Fsp3) is 0.0606. The van der Waals surface area contributed by atoms with Crippen molar-refractivity contribution in [3.05, 3.63) is 137 Å². The van der Waals surface area contributed by atoms with Crippen LogP contribution in [-0.4, -0.2) is 21.4 Å². The fourth-order valence-corrected chi connectivity index (χ4v) is 5.71. The molecule has 1 aromatic heterocycles. The number of hydrogen-bond donors (Lipinski definition) is 2. The monoisotopic (exact) mass is 546 g/mol. The Hall–Kier alpha value is -4.88. The predicted octanol–water partition coefficient (Wildman–Crippen LogP) is 7.47. The highest BCUT2D eigenvalue weighted by atomic mass is 32.1. The van der Waals surface area contributed by atoms with Crippen LogP contribution < -0.4 is 5.32 Å². The van der Waals surface area contributed by atoms with Gasteiger partial charge in [-0.05, 0) is 81.0 Å². The van der Waals surface area contributed by atoms with Gasteiger partial charge in [-0.3, -0.25) is 4.79 Å². The molecule has 0 bridgehead atoms. The molecule has 2 N–H and O–H groups in total. The lowest BCUT2D eigenvalue weighted by Crippen LogP contribution is -2.23. The van der Waals surface area contributed by atoms with Gasteiger partial charge in [-0.2, -0.15) is 4.37 Å². The van der Waals surface area contributed by atoms with E-state index in [0.29, 0.717) is 12.0 Å². The number of carbonyl (C=O) groups excluding carboxylic acids is 1. The van der Waals surface area contributed by atoms with Gasteiger partial charge in [-0.1, -0.05) is 66.7 Å². The molecule has 0 fully saturated rings. The highest BCUT2D eigenvalue weighted by molar-refractivity contribution is 7.13. The van der Waals surface area contributed by atoms with Crippen molar-refractivity contribution in [1.82, 2.24) is 9.69 Å². The number of amides is 1. The summed E-state index contributed by atoms with van der Waals surface area (Å²) in [5.74, 6) is -1.50. The molecular weight excluding hydrogens is 523 g/mol. The van der Waals surface area contributed by atoms with Gasteiger partial charge in [0.1, 0.15) is 5.82 Å². The SMILES string of the molecule is O=C(O)c1ccc(CNC(=O)c2cc(-c3ccccc3)cc3snc(Cc4ccc5cc(F)ccc5c4)c23)cc1. The number of fused-ring (bicyclic) bond motifs is 2. The first-order valence-electron chi connectivity index (χ1n) is 12.7. The number of nitrogens with one attached hydrogen (secondary N) is 1. The number of aromatic nitrogens is 1. The maximum Gasteiger partial charge on any atom is 0.335 e. The molecule has 1 amide bonds. The molecule has 7 heteroatoms. The smallest absolute Gasteiger partial charge is 0.335 e. The van der Waals surface area contributed by atoms with Gasteiger partial charge in [0, 0.05) is 18.4 Å². The maximum atomic E-state index is 13.6. The molecule has 196 valence electrons. The maximum absolute atomic E-state index is 13.6. The summed E-state index contributed by atoms with van der Waals surface area (Å²) in [7, 11) is 0. The van der Waals surface area contributed by atoms with Crippen molar-refractivity contribution in [2.24, 2.45) is 0 Å². The fourth-order valence-electron chi connectivity index (χ4n) is 4.84. The first-order chi connectivity index (χ1) is 19.4. The third-order valence-electron chi connectivity index (χ3n) is 6.89. The molecule has 0 saturated carbocycles. The second-order valence-corrected chi connectivity index (χ2v) is 10.4. The van der Waals surface area contributed by atoms with Crippen LogP contribution in [0.25, 0.3) is 32.0 Å². The summed E-state index contributed by atoms with van der Waals surface area (Å²) < 4.78 is 19.3. The zero-order valence-electron chi connectivity index (χ0n) is 21.2. The Morgan fingerprint density at radius 2 is 1.52 bits per heavy atom. The molecule has 40 heavy (non-hydrogen) atoms. The van der Waals surface area contributed by atoms with Crippen molar-refractivity contribution in [1.29, 1.82) is 0 Å². The van der Waals surface area contributed by atoms with Gasteiger partial charge in [0.15, 0.2) is 0 Å². The average molecular weight is 547 g/mol. The van der Waals surface area contributed by atoms with E-state index in [4.69, 9.17) is 9.48 Å². The molecule has 0 aliphatic heterocycles. The Balaban J connectivity index is 1.36. The molecule has 0 radical (unpaired) electrons. The lowest BCUT2D eigenvalue weighted by Gasteiger charge is -2.11. The number of nitrogens with zero attached hydrogens (tertiary/aromatic N) is 1. The van der Waals surface area contributed by atoms with Crippen LogP contribution in [0.4, 0.5) is 4.39 Å². The number of halogens is 1. The number of carboxylic acids is 1. The summed E-state index contributed by atoms with van der Waals surface area (Å²) in [4.78, 5) is 24.8. The minimum atomic E-state index is -0.994. The number of carbonyl (C=O) groups is 2. The second kappa shape index (κ2) is 10.7. The average Bonchev–Trinajstić information content (AvgIpc) is 3.38. The number of aromatic carboxylic acids is 1. The number of hydrogen-bond acceptors (Lipinski definition) is 4. The third-order valence-corrected chi connectivity index (χ3v) is 7.72. The molecule has 1 heterocycles. The molecule has 0 atom stereocenters. The molecule has 0 aliphatic rings. The Kier molecular flexibility index (Phi) is 6.80. The number of benzene rings is 5. The molecule has 5 aromatic carbocycles. The second-order valence-electron chi connectivity index (χ2n) is 9.58. The highest BCUT2D eigenvalue weighted by Gasteiger charge is 2.19. The van der Waals surface area contributed by atoms with Crippen LogP contribution in [-0.2, 0) is 13.0 Å². The van der Waals surface area contributed by atoms with Crippen LogP contribution in [0.5, 0.6) is 0 Å². The largest absolute Gasteiger partial charge is 0.478 e. The van der Waals surface area contributed by atoms with E-state index < -0.39 is 5.97 Å². The quantitative estimate of drug-likeness (QED) is 0.218. The summed E-state index contributed by atoms with van der Waals surface area (Å²) in [6.07, 6.45) is 0.523. The topological polar surface area (TPSA) is 79.3 Å². The summed E-state index contributed by atoms with van der Waals surface area (Å²) in [5, 5.41) is 14.7.